The first-order valence-corrected chi connectivity index (χ1v) is 7.10. The summed E-state index contributed by atoms with van der Waals surface area (Å²) in [6, 6.07) is 9.59. The van der Waals surface area contributed by atoms with Crippen LogP contribution in [0.1, 0.15) is 32.4 Å². The summed E-state index contributed by atoms with van der Waals surface area (Å²) < 4.78 is 5.18. The highest BCUT2D eigenvalue weighted by Gasteiger charge is 2.29. The topological polar surface area (TPSA) is 90.2 Å². The smallest absolute Gasteiger partial charge is 0.327 e. The Morgan fingerprint density at radius 2 is 1.53 bits per heavy atom. The van der Waals surface area contributed by atoms with Crippen molar-refractivity contribution >= 4 is 8.60 Å². The van der Waals surface area contributed by atoms with Crippen LogP contribution in [0.3, 0.4) is 0 Å². The summed E-state index contributed by atoms with van der Waals surface area (Å²) in [7, 11) is -2.33. The molecule has 0 saturated carbocycles. The lowest BCUT2D eigenvalue weighted by Gasteiger charge is -2.30. The second-order valence-electron chi connectivity index (χ2n) is 4.96. The van der Waals surface area contributed by atoms with E-state index in [1.54, 1.807) is 0 Å². The van der Waals surface area contributed by atoms with Gasteiger partial charge in [-0.2, -0.15) is 0 Å². The number of benzene rings is 1. The molecule has 1 atom stereocenters. The van der Waals surface area contributed by atoms with E-state index in [-0.39, 0.29) is 24.7 Å². The zero-order chi connectivity index (χ0) is 14.9. The summed E-state index contributed by atoms with van der Waals surface area (Å²) in [4.78, 5) is 17.9. The first kappa shape index (κ1) is 18.4. The van der Waals surface area contributed by atoms with Gasteiger partial charge in [-0.05, 0) is 11.0 Å². The third-order valence-electron chi connectivity index (χ3n) is 2.19. The quantitative estimate of drug-likeness (QED) is 0.637. The molecule has 0 saturated heterocycles. The van der Waals surface area contributed by atoms with Crippen molar-refractivity contribution in [2.24, 2.45) is 5.41 Å². The third kappa shape index (κ3) is 8.26. The van der Waals surface area contributed by atoms with Gasteiger partial charge < -0.3 is 24.5 Å². The summed E-state index contributed by atoms with van der Waals surface area (Å²) in [6.07, 6.45) is -0.306. The molecule has 1 aromatic rings. The largest absolute Gasteiger partial charge is 0.394 e. The molecule has 0 spiro atoms. The van der Waals surface area contributed by atoms with E-state index in [1.807, 2.05) is 51.1 Å². The average molecular weight is 290 g/mol. The second kappa shape index (κ2) is 9.37. The average Bonchev–Trinajstić information content (AvgIpc) is 2.36. The number of aliphatic hydroxyl groups is 2. The SMILES string of the molecule is CC(C)(C)C(OP(O)O)c1ccccc1.OCCO. The normalized spacial score (nSPS) is 12.8. The first-order valence-electron chi connectivity index (χ1n) is 5.94. The number of rotatable bonds is 4. The lowest BCUT2D eigenvalue weighted by Crippen LogP contribution is -2.19. The maximum atomic E-state index is 8.95. The van der Waals surface area contributed by atoms with Crippen LogP contribution in [0.15, 0.2) is 30.3 Å². The van der Waals surface area contributed by atoms with E-state index in [9.17, 15) is 0 Å². The predicted octanol–water partition coefficient (Wildman–Crippen LogP) is 1.97. The van der Waals surface area contributed by atoms with Gasteiger partial charge in [-0.15, -0.1) is 0 Å². The molecule has 6 heteroatoms. The van der Waals surface area contributed by atoms with E-state index in [4.69, 9.17) is 24.5 Å². The predicted molar refractivity (Wildman–Crippen MR) is 75.3 cm³/mol. The van der Waals surface area contributed by atoms with E-state index >= 15 is 0 Å². The molecule has 0 aliphatic rings. The Bertz CT molecular complexity index is 322. The molecule has 0 aromatic heterocycles. The van der Waals surface area contributed by atoms with Gasteiger partial charge in [-0.3, -0.25) is 0 Å². The summed E-state index contributed by atoms with van der Waals surface area (Å²) in [6.45, 7) is 5.76. The first-order chi connectivity index (χ1) is 8.82. The van der Waals surface area contributed by atoms with Gasteiger partial charge in [-0.25, -0.2) is 0 Å². The van der Waals surface area contributed by atoms with E-state index in [2.05, 4.69) is 0 Å². The Kier molecular flexibility index (Phi) is 9.10. The van der Waals surface area contributed by atoms with Crippen LogP contribution in [0.25, 0.3) is 0 Å². The molecule has 0 aliphatic carbocycles. The van der Waals surface area contributed by atoms with Crippen molar-refractivity contribution < 1.29 is 24.5 Å². The van der Waals surface area contributed by atoms with Crippen LogP contribution in [-0.2, 0) is 4.52 Å². The van der Waals surface area contributed by atoms with Crippen LogP contribution in [0.5, 0.6) is 0 Å². The maximum Gasteiger partial charge on any atom is 0.327 e. The Labute approximate surface area is 115 Å². The fourth-order valence-electron chi connectivity index (χ4n) is 1.44. The number of aliphatic hydroxyl groups excluding tert-OH is 2. The van der Waals surface area contributed by atoms with E-state index < -0.39 is 8.60 Å². The summed E-state index contributed by atoms with van der Waals surface area (Å²) in [5, 5.41) is 15.2. The maximum absolute atomic E-state index is 8.95. The molecule has 4 N–H and O–H groups in total. The molecule has 19 heavy (non-hydrogen) atoms. The van der Waals surface area contributed by atoms with Gasteiger partial charge in [0.25, 0.3) is 0 Å². The van der Waals surface area contributed by atoms with Gasteiger partial charge >= 0.3 is 8.60 Å². The van der Waals surface area contributed by atoms with Crippen molar-refractivity contribution in [3.8, 4) is 0 Å². The fourth-order valence-corrected chi connectivity index (χ4v) is 2.07. The molecule has 0 heterocycles. The third-order valence-corrected chi connectivity index (χ3v) is 2.59. The monoisotopic (exact) mass is 290 g/mol. The molecular weight excluding hydrogens is 267 g/mol. The Balaban J connectivity index is 0.000000711. The highest BCUT2D eigenvalue weighted by Crippen LogP contribution is 2.43. The van der Waals surface area contributed by atoms with Crippen molar-refractivity contribution in [1.29, 1.82) is 0 Å². The molecule has 0 amide bonds. The van der Waals surface area contributed by atoms with Crippen LogP contribution in [0.2, 0.25) is 0 Å². The fraction of sp³-hybridized carbons (Fsp3) is 0.538. The Morgan fingerprint density at radius 3 is 1.84 bits per heavy atom. The lowest BCUT2D eigenvalue weighted by atomic mass is 9.85. The molecule has 5 nitrogen and oxygen atoms in total. The van der Waals surface area contributed by atoms with Crippen molar-refractivity contribution in [2.75, 3.05) is 13.2 Å². The molecule has 1 aromatic carbocycles. The highest BCUT2D eigenvalue weighted by atomic mass is 31.2. The minimum Gasteiger partial charge on any atom is -0.394 e. The second-order valence-corrected chi connectivity index (χ2v) is 5.68. The molecule has 110 valence electrons. The van der Waals surface area contributed by atoms with Gasteiger partial charge in [0.05, 0.1) is 19.3 Å². The van der Waals surface area contributed by atoms with E-state index in [1.165, 1.54) is 0 Å². The minimum atomic E-state index is -2.33. The molecular formula is C13H23O5P. The van der Waals surface area contributed by atoms with Crippen molar-refractivity contribution in [3.05, 3.63) is 35.9 Å². The van der Waals surface area contributed by atoms with E-state index in [0.29, 0.717) is 0 Å². The zero-order valence-corrected chi connectivity index (χ0v) is 12.4. The van der Waals surface area contributed by atoms with Gasteiger partial charge in [0, 0.05) is 0 Å². The minimum absolute atomic E-state index is 0.125. The highest BCUT2D eigenvalue weighted by molar-refractivity contribution is 7.39. The van der Waals surface area contributed by atoms with Crippen molar-refractivity contribution in [3.63, 3.8) is 0 Å². The lowest BCUT2D eigenvalue weighted by molar-refractivity contribution is 0.0725. The Hall–Kier alpha value is -0.550. The van der Waals surface area contributed by atoms with Gasteiger partial charge in [-0.1, -0.05) is 51.1 Å². The van der Waals surface area contributed by atoms with Gasteiger partial charge in [0.1, 0.15) is 0 Å². The standard InChI is InChI=1S/C11H17O3P.C2H6O2/c1-11(2,3)10(14-15(12)13)9-7-5-4-6-8-9;3-1-2-4/h4-8,10,12-13H,1-3H3;3-4H,1-2H2. The van der Waals surface area contributed by atoms with Crippen LogP contribution in [-0.4, -0.2) is 33.2 Å². The summed E-state index contributed by atoms with van der Waals surface area (Å²) in [5.41, 5.74) is 0.786. The van der Waals surface area contributed by atoms with E-state index in [0.717, 1.165) is 5.56 Å². The molecule has 0 fully saturated rings. The molecule has 1 unspecified atom stereocenters. The summed E-state index contributed by atoms with van der Waals surface area (Å²) >= 11 is 0. The van der Waals surface area contributed by atoms with Crippen molar-refractivity contribution in [1.82, 2.24) is 0 Å². The van der Waals surface area contributed by atoms with Crippen LogP contribution >= 0.6 is 8.60 Å². The van der Waals surface area contributed by atoms with Gasteiger partial charge in [0.2, 0.25) is 0 Å². The molecule has 0 aliphatic heterocycles. The summed E-state index contributed by atoms with van der Waals surface area (Å²) in [5.74, 6) is 0. The molecule has 0 radical (unpaired) electrons. The number of hydrogen-bond acceptors (Lipinski definition) is 5. The number of hydrogen-bond donors (Lipinski definition) is 4. The Morgan fingerprint density at radius 1 is 1.05 bits per heavy atom. The van der Waals surface area contributed by atoms with Gasteiger partial charge in [0.15, 0.2) is 0 Å². The molecule has 0 bridgehead atoms. The van der Waals surface area contributed by atoms with Crippen LogP contribution in [0, 0.1) is 5.41 Å². The van der Waals surface area contributed by atoms with Crippen molar-refractivity contribution in [2.45, 2.75) is 26.9 Å². The molecule has 1 rings (SSSR count). The van der Waals surface area contributed by atoms with Crippen LogP contribution < -0.4 is 0 Å². The zero-order valence-electron chi connectivity index (χ0n) is 11.5. The van der Waals surface area contributed by atoms with Crippen LogP contribution in [0.4, 0.5) is 0 Å².